The molecule has 8 atom stereocenters. The first-order valence-electron chi connectivity index (χ1n) is 17.9. The van der Waals surface area contributed by atoms with E-state index in [0.717, 1.165) is 70.4 Å². The molecule has 0 radical (unpaired) electrons. The molecule has 0 bridgehead atoms. The number of carbonyl (C=O) groups excluding carboxylic acids is 2. The number of fused-ring (bicyclic) bond motifs is 5. The maximum Gasteiger partial charge on any atom is 0.178 e. The van der Waals surface area contributed by atoms with E-state index in [1.165, 1.54) is 23.9 Å². The summed E-state index contributed by atoms with van der Waals surface area (Å²) in [6, 6.07) is 0. The average Bonchev–Trinajstić information content (AvgIpc) is 3.23. The molecule has 47 heavy (non-hydrogen) atoms. The van der Waals surface area contributed by atoms with Crippen molar-refractivity contribution in [3.05, 3.63) is 23.8 Å². The third kappa shape index (κ3) is 7.60. The second-order valence-electron chi connectivity index (χ2n) is 14.8. The Balaban J connectivity index is 1.20. The number of rotatable bonds is 19. The predicted molar refractivity (Wildman–Crippen MR) is 189 cm³/mol. The molecule has 0 heterocycles. The number of aliphatic imine (C=N–C) groups is 1. The molecule has 0 aliphatic heterocycles. The van der Waals surface area contributed by atoms with Gasteiger partial charge in [-0.25, -0.2) is 4.39 Å². The van der Waals surface area contributed by atoms with Crippen LogP contribution in [0, 0.1) is 28.6 Å². The third-order valence-electron chi connectivity index (χ3n) is 11.9. The quantitative estimate of drug-likeness (QED) is 0.0683. The van der Waals surface area contributed by atoms with E-state index in [2.05, 4.69) is 15.6 Å². The summed E-state index contributed by atoms with van der Waals surface area (Å²) in [7, 11) is 0. The van der Waals surface area contributed by atoms with E-state index in [-0.39, 0.29) is 35.6 Å². The second kappa shape index (κ2) is 16.4. The number of ketones is 2. The Morgan fingerprint density at radius 2 is 1.79 bits per heavy atom. The molecule has 11 heteroatoms. The van der Waals surface area contributed by atoms with E-state index in [9.17, 15) is 19.8 Å². The average molecular weight is 678 g/mol. The molecule has 0 saturated heterocycles. The van der Waals surface area contributed by atoms with Crippen molar-refractivity contribution in [2.75, 3.05) is 50.8 Å². The fourth-order valence-corrected chi connectivity index (χ4v) is 10.2. The minimum absolute atomic E-state index is 0.00218. The van der Waals surface area contributed by atoms with E-state index in [4.69, 9.17) is 11.5 Å². The minimum Gasteiger partial charge on any atom is -0.390 e. The highest BCUT2D eigenvalue weighted by Crippen LogP contribution is 2.70. The lowest BCUT2D eigenvalue weighted by atomic mass is 9.44. The Bertz CT molecular complexity index is 1200. The standard InChI is InChI=1S/C36H60FN5O4S/c1-25-21-29-28-11-10-26-22-27(43)12-13-33(26,2)35(28,37)30(44)23-34(29,3)36(25,46)31(45)24-47-20-6-9-32(39)42-19-8-18-41-16-5-4-15-40-17-7-14-38/h12-13,22,25,28-30,40-41,44,46H,4-11,14-21,23-24,38H2,1-3H3,(H2,39,42)/t25?,28-,29-,30?,33-,34-,35-,36-/m0/s1. The Hall–Kier alpha value is -1.63. The number of Topliss-reactive ketones (excluding diaryl/α,β-unsaturated/α-hetero) is 1. The molecule has 3 saturated carbocycles. The van der Waals surface area contributed by atoms with E-state index in [1.807, 2.05) is 13.8 Å². The van der Waals surface area contributed by atoms with Crippen LogP contribution in [-0.2, 0) is 9.59 Å². The highest BCUT2D eigenvalue weighted by Gasteiger charge is 2.75. The third-order valence-corrected chi connectivity index (χ3v) is 13.0. The molecule has 266 valence electrons. The summed E-state index contributed by atoms with van der Waals surface area (Å²) in [4.78, 5) is 30.4. The molecule has 4 aliphatic carbocycles. The Morgan fingerprint density at radius 1 is 1.11 bits per heavy atom. The van der Waals surface area contributed by atoms with Gasteiger partial charge in [0.15, 0.2) is 17.2 Å². The maximum atomic E-state index is 17.4. The molecule has 0 amide bonds. The van der Waals surface area contributed by atoms with Gasteiger partial charge in [-0.1, -0.05) is 25.5 Å². The molecule has 8 N–H and O–H groups in total. The van der Waals surface area contributed by atoms with Crippen LogP contribution in [0.1, 0.15) is 85.0 Å². The van der Waals surface area contributed by atoms with Gasteiger partial charge in [-0.2, -0.15) is 11.8 Å². The first-order chi connectivity index (χ1) is 22.4. The van der Waals surface area contributed by atoms with Crippen molar-refractivity contribution in [2.45, 2.75) is 102 Å². The van der Waals surface area contributed by atoms with Crippen molar-refractivity contribution in [3.8, 4) is 0 Å². The lowest BCUT2D eigenvalue weighted by molar-refractivity contribution is -0.218. The molecule has 0 aromatic heterocycles. The summed E-state index contributed by atoms with van der Waals surface area (Å²) in [5, 5.41) is 30.5. The van der Waals surface area contributed by atoms with Crippen molar-refractivity contribution in [1.29, 1.82) is 0 Å². The summed E-state index contributed by atoms with van der Waals surface area (Å²) < 4.78 is 17.4. The molecule has 0 aromatic rings. The first kappa shape index (κ1) is 38.2. The number of nitrogens with zero attached hydrogens (tertiary/aromatic N) is 1. The van der Waals surface area contributed by atoms with Gasteiger partial charge in [0, 0.05) is 29.7 Å². The Labute approximate surface area is 285 Å². The Kier molecular flexibility index (Phi) is 13.3. The van der Waals surface area contributed by atoms with Crippen molar-refractivity contribution < 1.29 is 24.2 Å². The normalized spacial score (nSPS) is 36.5. The molecule has 0 aromatic carbocycles. The molecule has 0 spiro atoms. The number of thioether (sulfide) groups is 1. The summed E-state index contributed by atoms with van der Waals surface area (Å²) >= 11 is 1.49. The number of unbranched alkanes of at least 4 members (excludes halogenated alkanes) is 1. The van der Waals surface area contributed by atoms with Crippen LogP contribution < -0.4 is 22.1 Å². The van der Waals surface area contributed by atoms with Crippen molar-refractivity contribution in [3.63, 3.8) is 0 Å². The molecule has 4 aliphatic rings. The van der Waals surface area contributed by atoms with Crippen LogP contribution in [0.3, 0.4) is 0 Å². The number of aliphatic hydroxyl groups excluding tert-OH is 1. The molecule has 4 rings (SSSR count). The highest BCUT2D eigenvalue weighted by atomic mass is 32.2. The number of amidine groups is 1. The smallest absolute Gasteiger partial charge is 0.178 e. The zero-order valence-corrected chi connectivity index (χ0v) is 29.7. The molecule has 2 unspecified atom stereocenters. The molecule has 3 fully saturated rings. The summed E-state index contributed by atoms with van der Waals surface area (Å²) in [5.74, 6) is -0.0137. The molecule has 9 nitrogen and oxygen atoms in total. The second-order valence-corrected chi connectivity index (χ2v) is 15.9. The largest absolute Gasteiger partial charge is 0.390 e. The fraction of sp³-hybridized carbons (Fsp3) is 0.806. The van der Waals surface area contributed by atoms with E-state index >= 15 is 4.39 Å². The van der Waals surface area contributed by atoms with Gasteiger partial charge in [-0.15, -0.1) is 0 Å². The van der Waals surface area contributed by atoms with Gasteiger partial charge in [0.1, 0.15) is 5.60 Å². The van der Waals surface area contributed by atoms with Gasteiger partial charge in [0.05, 0.1) is 17.7 Å². The van der Waals surface area contributed by atoms with Gasteiger partial charge in [-0.05, 0) is 127 Å². The number of allylic oxidation sites excluding steroid dienone is 4. The minimum atomic E-state index is -1.97. The lowest BCUT2D eigenvalue weighted by Crippen LogP contribution is -2.69. The zero-order chi connectivity index (χ0) is 34.3. The van der Waals surface area contributed by atoms with E-state index < -0.39 is 34.1 Å². The van der Waals surface area contributed by atoms with Crippen molar-refractivity contribution >= 4 is 29.2 Å². The number of aliphatic hydroxyl groups is 2. The maximum absolute atomic E-state index is 17.4. The molecular weight excluding hydrogens is 617 g/mol. The van der Waals surface area contributed by atoms with Gasteiger partial charge in [-0.3, -0.25) is 14.6 Å². The number of alkyl halides is 1. The van der Waals surface area contributed by atoms with Crippen molar-refractivity contribution in [2.24, 2.45) is 45.0 Å². The number of hydrogen-bond donors (Lipinski definition) is 6. The van der Waals surface area contributed by atoms with Crippen LogP contribution in [0.5, 0.6) is 0 Å². The van der Waals surface area contributed by atoms with Gasteiger partial charge < -0.3 is 32.3 Å². The number of nitrogens with one attached hydrogen (secondary N) is 2. The number of nitrogens with two attached hydrogens (primary N) is 2. The number of carbonyl (C=O) groups is 2. The van der Waals surface area contributed by atoms with Crippen LogP contribution in [0.4, 0.5) is 4.39 Å². The van der Waals surface area contributed by atoms with Crippen LogP contribution in [0.2, 0.25) is 0 Å². The van der Waals surface area contributed by atoms with Crippen LogP contribution in [0.15, 0.2) is 28.8 Å². The summed E-state index contributed by atoms with van der Waals surface area (Å²) in [6.45, 7) is 10.9. The summed E-state index contributed by atoms with van der Waals surface area (Å²) in [6.07, 6.45) is 10.5. The first-order valence-corrected chi connectivity index (χ1v) is 19.1. The molecular formula is C36H60FN5O4S. The van der Waals surface area contributed by atoms with Gasteiger partial charge >= 0.3 is 0 Å². The highest BCUT2D eigenvalue weighted by molar-refractivity contribution is 7.99. The topological polar surface area (TPSA) is 163 Å². The van der Waals surface area contributed by atoms with Gasteiger partial charge in [0.2, 0.25) is 0 Å². The number of hydrogen-bond acceptors (Lipinski definition) is 9. The lowest BCUT2D eigenvalue weighted by Gasteiger charge is -2.62. The fourth-order valence-electron chi connectivity index (χ4n) is 9.25. The van der Waals surface area contributed by atoms with E-state index in [0.29, 0.717) is 43.8 Å². The SMILES string of the molecule is CC1C[C@H]2[C@@H]3CCC4=CC(=O)C=C[C@]4(C)[C@@]3(F)C(O)C[C@]2(C)[C@@]1(O)C(=O)CSCCCC(N)=NCCCNCCCCNCCCN. The zero-order valence-electron chi connectivity index (χ0n) is 28.9. The van der Waals surface area contributed by atoms with Crippen molar-refractivity contribution in [1.82, 2.24) is 10.6 Å². The van der Waals surface area contributed by atoms with Crippen LogP contribution in [0.25, 0.3) is 0 Å². The summed E-state index contributed by atoms with van der Waals surface area (Å²) in [5.41, 5.74) is 6.71. The van der Waals surface area contributed by atoms with Crippen LogP contribution in [-0.4, -0.2) is 95.8 Å². The predicted octanol–water partition coefficient (Wildman–Crippen LogP) is 3.47. The van der Waals surface area contributed by atoms with Crippen LogP contribution >= 0.6 is 11.8 Å². The monoisotopic (exact) mass is 677 g/mol. The number of halogens is 1. The van der Waals surface area contributed by atoms with E-state index in [1.54, 1.807) is 13.0 Å². The Morgan fingerprint density at radius 3 is 2.49 bits per heavy atom. The van der Waals surface area contributed by atoms with Gasteiger partial charge in [0.25, 0.3) is 0 Å².